The van der Waals surface area contributed by atoms with Gasteiger partial charge in [0.05, 0.1) is 0 Å². The summed E-state index contributed by atoms with van der Waals surface area (Å²) in [6.45, 7) is 26.3. The minimum Gasteiger partial charge on any atom is -0.437 e. The van der Waals surface area contributed by atoms with Gasteiger partial charge in [0, 0.05) is 19.1 Å². The summed E-state index contributed by atoms with van der Waals surface area (Å²) in [5.41, 5.74) is 5.59. The Hall–Kier alpha value is 0.844. The first kappa shape index (κ1) is 26.8. The molecule has 0 aliphatic heterocycles. The van der Waals surface area contributed by atoms with E-state index < -0.39 is 42.3 Å². The van der Waals surface area contributed by atoms with Crippen molar-refractivity contribution in [2.45, 2.75) is 78.1 Å². The van der Waals surface area contributed by atoms with E-state index in [4.69, 9.17) is 22.2 Å². The SMILES string of the molecule is C[Si](C)(C)O[Si](C)(C)O[Si](C)(CCNCCN)O[Si](C)(C)O[Si](C)(C)C. The van der Waals surface area contributed by atoms with Gasteiger partial charge in [0.15, 0.2) is 16.6 Å². The van der Waals surface area contributed by atoms with Crippen LogP contribution in [0, 0.1) is 0 Å². The second kappa shape index (κ2) is 10.0. The molecule has 0 aromatic carbocycles. The molecule has 0 amide bonds. The van der Waals surface area contributed by atoms with Crippen molar-refractivity contribution in [2.75, 3.05) is 19.6 Å². The highest BCUT2D eigenvalue weighted by Crippen LogP contribution is 2.28. The third-order valence-electron chi connectivity index (χ3n) is 3.10. The standard InChI is InChI=1S/C15H44N2O4Si5/c1-22(2,3)18-24(7,8)20-26(11,15-14-17-13-12-16)21-25(9,10)19-23(4,5)6/h17H,12-16H2,1-11H3. The van der Waals surface area contributed by atoms with E-state index in [1.165, 1.54) is 0 Å². The van der Waals surface area contributed by atoms with Crippen molar-refractivity contribution in [1.29, 1.82) is 0 Å². The maximum absolute atomic E-state index is 6.70. The lowest BCUT2D eigenvalue weighted by molar-refractivity contribution is 0.292. The van der Waals surface area contributed by atoms with Crippen LogP contribution in [0.5, 0.6) is 0 Å². The molecule has 0 atom stereocenters. The van der Waals surface area contributed by atoms with E-state index in [0.717, 1.165) is 19.1 Å². The number of nitrogens with one attached hydrogen (secondary N) is 1. The molecule has 0 aromatic rings. The van der Waals surface area contributed by atoms with Gasteiger partial charge in [-0.05, 0) is 78.6 Å². The van der Waals surface area contributed by atoms with Crippen molar-refractivity contribution in [2.24, 2.45) is 5.73 Å². The molecule has 0 aromatic heterocycles. The van der Waals surface area contributed by atoms with Crippen LogP contribution in [0.15, 0.2) is 0 Å². The first-order valence-corrected chi connectivity index (χ1v) is 24.6. The molecule has 0 spiro atoms. The molecule has 0 fully saturated rings. The van der Waals surface area contributed by atoms with Gasteiger partial charge < -0.3 is 27.5 Å². The Morgan fingerprint density at radius 2 is 1.00 bits per heavy atom. The third-order valence-corrected chi connectivity index (χ3v) is 20.5. The maximum atomic E-state index is 6.70. The predicted octanol–water partition coefficient (Wildman–Crippen LogP) is 3.75. The maximum Gasteiger partial charge on any atom is 0.318 e. The van der Waals surface area contributed by atoms with Crippen LogP contribution < -0.4 is 11.1 Å². The molecule has 0 rings (SSSR count). The Morgan fingerprint density at radius 1 is 0.615 bits per heavy atom. The summed E-state index contributed by atoms with van der Waals surface area (Å²) in [7, 11) is -10.4. The summed E-state index contributed by atoms with van der Waals surface area (Å²) in [4.78, 5) is 0. The highest BCUT2D eigenvalue weighted by molar-refractivity contribution is 6.90. The Balaban J connectivity index is 5.28. The normalized spacial score (nSPS) is 14.8. The molecule has 0 heterocycles. The molecular weight excluding hydrogens is 413 g/mol. The van der Waals surface area contributed by atoms with Gasteiger partial charge in [-0.25, -0.2) is 0 Å². The van der Waals surface area contributed by atoms with Gasteiger partial charge in [0.25, 0.3) is 0 Å². The van der Waals surface area contributed by atoms with Crippen LogP contribution in [-0.4, -0.2) is 62.0 Å². The Kier molecular flexibility index (Phi) is 10.4. The molecule has 0 saturated heterocycles. The van der Waals surface area contributed by atoms with Crippen molar-refractivity contribution >= 4 is 42.3 Å². The van der Waals surface area contributed by atoms with Crippen LogP contribution in [0.2, 0.25) is 78.1 Å². The van der Waals surface area contributed by atoms with Crippen molar-refractivity contribution < 1.29 is 16.5 Å². The van der Waals surface area contributed by atoms with E-state index in [-0.39, 0.29) is 0 Å². The van der Waals surface area contributed by atoms with Gasteiger partial charge in [-0.15, -0.1) is 0 Å². The third kappa shape index (κ3) is 13.9. The molecule has 0 aliphatic rings. The number of rotatable bonds is 13. The number of nitrogens with two attached hydrogens (primary N) is 1. The molecule has 0 radical (unpaired) electrons. The summed E-state index contributed by atoms with van der Waals surface area (Å²) in [5, 5.41) is 3.38. The van der Waals surface area contributed by atoms with Gasteiger partial charge in [-0.1, -0.05) is 0 Å². The molecule has 0 aliphatic carbocycles. The fourth-order valence-electron chi connectivity index (χ4n) is 3.22. The minimum atomic E-state index is -2.46. The predicted molar refractivity (Wildman–Crippen MR) is 124 cm³/mol. The van der Waals surface area contributed by atoms with Gasteiger partial charge in [0.2, 0.25) is 0 Å². The lowest BCUT2D eigenvalue weighted by Gasteiger charge is -2.43. The highest BCUT2D eigenvalue weighted by Gasteiger charge is 2.46. The van der Waals surface area contributed by atoms with Crippen LogP contribution in [0.3, 0.4) is 0 Å². The smallest absolute Gasteiger partial charge is 0.318 e. The number of hydrogen-bond donors (Lipinski definition) is 2. The van der Waals surface area contributed by atoms with Crippen molar-refractivity contribution in [1.82, 2.24) is 5.32 Å². The molecule has 6 nitrogen and oxygen atoms in total. The fourth-order valence-corrected chi connectivity index (χ4v) is 26.4. The monoisotopic (exact) mass is 456 g/mol. The van der Waals surface area contributed by atoms with Gasteiger partial charge >= 0.3 is 25.7 Å². The quantitative estimate of drug-likeness (QED) is 0.325. The minimum absolute atomic E-state index is 0.637. The Labute approximate surface area is 167 Å². The first-order valence-electron chi connectivity index (χ1n) is 9.60. The van der Waals surface area contributed by atoms with Crippen LogP contribution >= 0.6 is 0 Å². The number of hydrogen-bond acceptors (Lipinski definition) is 6. The van der Waals surface area contributed by atoms with Crippen LogP contribution in [0.25, 0.3) is 0 Å². The van der Waals surface area contributed by atoms with E-state index in [1.807, 2.05) is 0 Å². The summed E-state index contributed by atoms with van der Waals surface area (Å²) >= 11 is 0. The molecule has 158 valence electrons. The van der Waals surface area contributed by atoms with E-state index in [0.29, 0.717) is 6.54 Å². The van der Waals surface area contributed by atoms with E-state index in [2.05, 4.69) is 77.3 Å². The Bertz CT molecular complexity index is 395. The molecule has 0 unspecified atom stereocenters. The van der Waals surface area contributed by atoms with Gasteiger partial charge in [0.1, 0.15) is 0 Å². The molecular formula is C15H44N2O4Si5. The molecule has 3 N–H and O–H groups in total. The molecule has 0 bridgehead atoms. The molecule has 0 saturated carbocycles. The van der Waals surface area contributed by atoms with Crippen LogP contribution in [0.4, 0.5) is 0 Å². The summed E-state index contributed by atoms with van der Waals surface area (Å²) in [6, 6.07) is 0.865. The molecule has 26 heavy (non-hydrogen) atoms. The highest BCUT2D eigenvalue weighted by atomic mass is 28.5. The fraction of sp³-hybridized carbons (Fsp3) is 1.00. The lowest BCUT2D eigenvalue weighted by atomic mass is 10.6. The van der Waals surface area contributed by atoms with E-state index in [1.54, 1.807) is 0 Å². The second-order valence-electron chi connectivity index (χ2n) is 9.86. The van der Waals surface area contributed by atoms with Crippen LogP contribution in [0.1, 0.15) is 0 Å². The summed E-state index contributed by atoms with van der Waals surface area (Å²) in [5.74, 6) is 0. The van der Waals surface area contributed by atoms with E-state index in [9.17, 15) is 0 Å². The zero-order chi connectivity index (χ0) is 20.9. The zero-order valence-electron chi connectivity index (χ0n) is 19.0. The van der Waals surface area contributed by atoms with Crippen molar-refractivity contribution in [3.63, 3.8) is 0 Å². The summed E-state index contributed by atoms with van der Waals surface area (Å²) < 4.78 is 26.2. The van der Waals surface area contributed by atoms with Crippen LogP contribution in [-0.2, 0) is 16.5 Å². The zero-order valence-corrected chi connectivity index (χ0v) is 24.0. The van der Waals surface area contributed by atoms with Gasteiger partial charge in [-0.3, -0.25) is 0 Å². The molecule has 11 heteroatoms. The largest absolute Gasteiger partial charge is 0.437 e. The summed E-state index contributed by atoms with van der Waals surface area (Å²) in [6.07, 6.45) is 0. The first-order chi connectivity index (χ1) is 11.4. The van der Waals surface area contributed by atoms with Crippen molar-refractivity contribution in [3.05, 3.63) is 0 Å². The second-order valence-corrected chi connectivity index (χ2v) is 29.9. The Morgan fingerprint density at radius 3 is 1.31 bits per heavy atom. The average molecular weight is 457 g/mol. The van der Waals surface area contributed by atoms with E-state index >= 15 is 0 Å². The average Bonchev–Trinajstić information content (AvgIpc) is 2.26. The van der Waals surface area contributed by atoms with Crippen molar-refractivity contribution in [3.8, 4) is 0 Å². The topological polar surface area (TPSA) is 75.0 Å². The lowest BCUT2D eigenvalue weighted by Crippen LogP contribution is -2.60. The van der Waals surface area contributed by atoms with Gasteiger partial charge in [-0.2, -0.15) is 0 Å².